The summed E-state index contributed by atoms with van der Waals surface area (Å²) in [6.07, 6.45) is 1.44. The van der Waals surface area contributed by atoms with Gasteiger partial charge in [-0.25, -0.2) is 4.39 Å². The smallest absolute Gasteiger partial charge is 0.123 e. The first-order valence-corrected chi connectivity index (χ1v) is 5.51. The lowest BCUT2D eigenvalue weighted by Gasteiger charge is -2.11. The Kier molecular flexibility index (Phi) is 3.49. The molecule has 0 aliphatic carbocycles. The normalized spacial score (nSPS) is 12.4. The van der Waals surface area contributed by atoms with Crippen LogP contribution in [0.25, 0.3) is 0 Å². The van der Waals surface area contributed by atoms with E-state index in [0.717, 1.165) is 11.1 Å². The molecule has 0 aliphatic rings. The molecule has 0 radical (unpaired) electrons. The number of aliphatic hydroxyl groups is 1. The highest BCUT2D eigenvalue weighted by Crippen LogP contribution is 2.19. The van der Waals surface area contributed by atoms with Gasteiger partial charge in [-0.2, -0.15) is 0 Å². The van der Waals surface area contributed by atoms with Crippen LogP contribution in [0, 0.1) is 12.7 Å². The number of rotatable bonds is 3. The molecule has 3 heteroatoms. The van der Waals surface area contributed by atoms with Crippen LogP contribution in [0.3, 0.4) is 0 Å². The molecule has 0 spiro atoms. The number of halogens is 1. The van der Waals surface area contributed by atoms with E-state index in [-0.39, 0.29) is 5.82 Å². The fourth-order valence-corrected chi connectivity index (χ4v) is 1.77. The Morgan fingerprint density at radius 3 is 2.76 bits per heavy atom. The third kappa shape index (κ3) is 2.88. The molecule has 1 unspecified atom stereocenters. The van der Waals surface area contributed by atoms with Crippen molar-refractivity contribution in [2.24, 2.45) is 0 Å². The van der Waals surface area contributed by atoms with Crippen molar-refractivity contribution >= 4 is 0 Å². The Labute approximate surface area is 99.8 Å². The van der Waals surface area contributed by atoms with Gasteiger partial charge in [0.2, 0.25) is 0 Å². The second kappa shape index (κ2) is 5.06. The predicted molar refractivity (Wildman–Crippen MR) is 64.0 cm³/mol. The first kappa shape index (κ1) is 11.7. The van der Waals surface area contributed by atoms with Crippen LogP contribution in [0.5, 0.6) is 0 Å². The highest BCUT2D eigenvalue weighted by molar-refractivity contribution is 5.28. The van der Waals surface area contributed by atoms with Crippen LogP contribution in [0.1, 0.15) is 22.9 Å². The van der Waals surface area contributed by atoms with Crippen molar-refractivity contribution in [3.63, 3.8) is 0 Å². The summed E-state index contributed by atoms with van der Waals surface area (Å²) in [4.78, 5) is 4.10. The minimum absolute atomic E-state index is 0.251. The lowest BCUT2D eigenvalue weighted by atomic mass is 10.0. The molecule has 0 fully saturated rings. The van der Waals surface area contributed by atoms with Crippen LogP contribution in [0.15, 0.2) is 42.6 Å². The monoisotopic (exact) mass is 231 g/mol. The maximum Gasteiger partial charge on any atom is 0.123 e. The zero-order valence-corrected chi connectivity index (χ0v) is 9.60. The Balaban J connectivity index is 2.16. The molecule has 1 N–H and O–H groups in total. The molecule has 2 nitrogen and oxygen atoms in total. The van der Waals surface area contributed by atoms with Crippen LogP contribution >= 0.6 is 0 Å². The Hall–Kier alpha value is -1.74. The summed E-state index contributed by atoms with van der Waals surface area (Å²) in [5.41, 5.74) is 2.42. The molecule has 0 saturated heterocycles. The standard InChI is InChI=1S/C14H14FNO/c1-10-8-12(15)6-5-11(10)9-14(17)13-4-2-3-7-16-13/h2-8,14,17H,9H2,1H3. The summed E-state index contributed by atoms with van der Waals surface area (Å²) in [6, 6.07) is 10.0. The molecule has 1 heterocycles. The average Bonchev–Trinajstić information content (AvgIpc) is 2.34. The lowest BCUT2D eigenvalue weighted by molar-refractivity contribution is 0.173. The van der Waals surface area contributed by atoms with Gasteiger partial charge >= 0.3 is 0 Å². The molecule has 1 aromatic heterocycles. The number of aryl methyl sites for hydroxylation is 1. The predicted octanol–water partition coefficient (Wildman–Crippen LogP) is 2.81. The quantitative estimate of drug-likeness (QED) is 0.881. The summed E-state index contributed by atoms with van der Waals surface area (Å²) in [6.45, 7) is 1.84. The van der Waals surface area contributed by atoms with E-state index in [1.54, 1.807) is 24.4 Å². The molecule has 0 saturated carbocycles. The summed E-state index contributed by atoms with van der Waals surface area (Å²) in [7, 11) is 0. The molecule has 0 aliphatic heterocycles. The van der Waals surface area contributed by atoms with Gasteiger partial charge in [0.15, 0.2) is 0 Å². The number of benzene rings is 1. The van der Waals surface area contributed by atoms with E-state index in [4.69, 9.17) is 0 Å². The van der Waals surface area contributed by atoms with Gasteiger partial charge in [-0.3, -0.25) is 4.98 Å². The summed E-state index contributed by atoms with van der Waals surface area (Å²) in [5, 5.41) is 10.0. The number of aliphatic hydroxyl groups excluding tert-OH is 1. The number of aromatic nitrogens is 1. The van der Waals surface area contributed by atoms with E-state index >= 15 is 0 Å². The van der Waals surface area contributed by atoms with Crippen LogP contribution in [0.2, 0.25) is 0 Å². The Bertz CT molecular complexity index is 499. The molecular weight excluding hydrogens is 217 g/mol. The fraction of sp³-hybridized carbons (Fsp3) is 0.214. The third-order valence-electron chi connectivity index (χ3n) is 2.75. The van der Waals surface area contributed by atoms with Gasteiger partial charge in [0.05, 0.1) is 11.8 Å². The third-order valence-corrected chi connectivity index (χ3v) is 2.75. The first-order valence-electron chi connectivity index (χ1n) is 5.51. The van der Waals surface area contributed by atoms with Gasteiger partial charge in [-0.15, -0.1) is 0 Å². The largest absolute Gasteiger partial charge is 0.386 e. The summed E-state index contributed by atoms with van der Waals surface area (Å²) < 4.78 is 12.9. The van der Waals surface area contributed by atoms with Crippen molar-refractivity contribution in [2.75, 3.05) is 0 Å². The van der Waals surface area contributed by atoms with Crippen molar-refractivity contribution in [3.8, 4) is 0 Å². The van der Waals surface area contributed by atoms with Crippen molar-refractivity contribution in [1.82, 2.24) is 4.98 Å². The Morgan fingerprint density at radius 2 is 2.12 bits per heavy atom. The molecule has 2 rings (SSSR count). The zero-order valence-electron chi connectivity index (χ0n) is 9.60. The maximum atomic E-state index is 12.9. The number of nitrogens with zero attached hydrogens (tertiary/aromatic N) is 1. The lowest BCUT2D eigenvalue weighted by Crippen LogP contribution is -2.05. The van der Waals surface area contributed by atoms with Crippen LogP contribution in [-0.2, 0) is 6.42 Å². The first-order chi connectivity index (χ1) is 8.16. The Morgan fingerprint density at radius 1 is 1.29 bits per heavy atom. The van der Waals surface area contributed by atoms with Gasteiger partial charge in [-0.1, -0.05) is 12.1 Å². The number of hydrogen-bond donors (Lipinski definition) is 1. The molecule has 1 aromatic carbocycles. The minimum atomic E-state index is -0.652. The molecule has 0 amide bonds. The highest BCUT2D eigenvalue weighted by atomic mass is 19.1. The second-order valence-electron chi connectivity index (χ2n) is 4.05. The van der Waals surface area contributed by atoms with Crippen LogP contribution in [0.4, 0.5) is 4.39 Å². The SMILES string of the molecule is Cc1cc(F)ccc1CC(O)c1ccccn1. The molecule has 17 heavy (non-hydrogen) atoms. The van der Waals surface area contributed by atoms with Gasteiger partial charge in [0.1, 0.15) is 5.82 Å². The van der Waals surface area contributed by atoms with E-state index in [9.17, 15) is 9.50 Å². The molecular formula is C14H14FNO. The van der Waals surface area contributed by atoms with E-state index in [2.05, 4.69) is 4.98 Å². The highest BCUT2D eigenvalue weighted by Gasteiger charge is 2.11. The summed E-state index contributed by atoms with van der Waals surface area (Å²) >= 11 is 0. The minimum Gasteiger partial charge on any atom is -0.386 e. The average molecular weight is 231 g/mol. The van der Waals surface area contributed by atoms with Gasteiger partial charge in [0, 0.05) is 12.6 Å². The van der Waals surface area contributed by atoms with Gasteiger partial charge in [-0.05, 0) is 42.3 Å². The van der Waals surface area contributed by atoms with Crippen LogP contribution < -0.4 is 0 Å². The van der Waals surface area contributed by atoms with Crippen LogP contribution in [-0.4, -0.2) is 10.1 Å². The van der Waals surface area contributed by atoms with E-state index in [1.807, 2.05) is 13.0 Å². The van der Waals surface area contributed by atoms with E-state index in [0.29, 0.717) is 12.1 Å². The summed E-state index contributed by atoms with van der Waals surface area (Å²) in [5.74, 6) is -0.251. The van der Waals surface area contributed by atoms with E-state index < -0.39 is 6.10 Å². The number of hydrogen-bond acceptors (Lipinski definition) is 2. The van der Waals surface area contributed by atoms with Gasteiger partial charge in [0.25, 0.3) is 0 Å². The van der Waals surface area contributed by atoms with Crippen molar-refractivity contribution in [1.29, 1.82) is 0 Å². The molecule has 2 aromatic rings. The fourth-order valence-electron chi connectivity index (χ4n) is 1.77. The second-order valence-corrected chi connectivity index (χ2v) is 4.05. The van der Waals surface area contributed by atoms with Gasteiger partial charge < -0.3 is 5.11 Å². The maximum absolute atomic E-state index is 12.9. The molecule has 88 valence electrons. The molecule has 0 bridgehead atoms. The van der Waals surface area contributed by atoms with Crippen molar-refractivity contribution in [3.05, 3.63) is 65.2 Å². The zero-order chi connectivity index (χ0) is 12.3. The van der Waals surface area contributed by atoms with E-state index in [1.165, 1.54) is 12.1 Å². The number of pyridine rings is 1. The molecule has 1 atom stereocenters. The topological polar surface area (TPSA) is 33.1 Å². The van der Waals surface area contributed by atoms with Crippen molar-refractivity contribution in [2.45, 2.75) is 19.4 Å². The van der Waals surface area contributed by atoms with Crippen molar-refractivity contribution < 1.29 is 9.50 Å².